The Labute approximate surface area is 214 Å². The van der Waals surface area contributed by atoms with Crippen LogP contribution in [0.25, 0.3) is 11.0 Å². The number of fused-ring (bicyclic) bond motifs is 1. The van der Waals surface area contributed by atoms with E-state index in [9.17, 15) is 13.2 Å². The quantitative estimate of drug-likeness (QED) is 0.494. The first-order valence-electron chi connectivity index (χ1n) is 12.5. The number of sulfonamides is 1. The summed E-state index contributed by atoms with van der Waals surface area (Å²) >= 11 is 0. The molecular formula is C27H37N5O3S. The summed E-state index contributed by atoms with van der Waals surface area (Å²) in [6.45, 7) is 10.1. The summed E-state index contributed by atoms with van der Waals surface area (Å²) in [5.74, 6) is 0.843. The number of aromatic nitrogens is 2. The van der Waals surface area contributed by atoms with Crippen LogP contribution in [0.15, 0.2) is 47.4 Å². The molecule has 1 atom stereocenters. The van der Waals surface area contributed by atoms with Crippen LogP contribution in [0.1, 0.15) is 58.3 Å². The van der Waals surface area contributed by atoms with Crippen molar-refractivity contribution in [1.82, 2.24) is 19.2 Å². The molecule has 2 heterocycles. The van der Waals surface area contributed by atoms with Crippen molar-refractivity contribution in [2.24, 2.45) is 0 Å². The van der Waals surface area contributed by atoms with Gasteiger partial charge in [-0.15, -0.1) is 0 Å². The molecule has 36 heavy (non-hydrogen) atoms. The molecule has 4 rings (SSSR count). The number of imidazole rings is 1. The Bertz CT molecular complexity index is 1340. The van der Waals surface area contributed by atoms with Crippen LogP contribution >= 0.6 is 0 Å². The minimum Gasteiger partial charge on any atom is -0.326 e. The molecule has 1 fully saturated rings. The summed E-state index contributed by atoms with van der Waals surface area (Å²) in [6.07, 6.45) is 3.70. The van der Waals surface area contributed by atoms with Crippen molar-refractivity contribution in [2.45, 2.75) is 76.4 Å². The number of likely N-dealkylation sites (tertiary alicyclic amines) is 1. The van der Waals surface area contributed by atoms with Crippen molar-refractivity contribution in [3.05, 3.63) is 53.9 Å². The number of benzene rings is 2. The smallest absolute Gasteiger partial charge is 0.240 e. The number of amides is 1. The van der Waals surface area contributed by atoms with Gasteiger partial charge in [-0.2, -0.15) is 0 Å². The first-order chi connectivity index (χ1) is 16.9. The maximum absolute atomic E-state index is 12.8. The van der Waals surface area contributed by atoms with Gasteiger partial charge in [0, 0.05) is 37.2 Å². The fourth-order valence-electron chi connectivity index (χ4n) is 4.81. The van der Waals surface area contributed by atoms with E-state index in [0.29, 0.717) is 11.7 Å². The second-order valence-electron chi connectivity index (χ2n) is 10.8. The Hall–Kier alpha value is -2.75. The van der Waals surface area contributed by atoms with Crippen molar-refractivity contribution < 1.29 is 13.2 Å². The van der Waals surface area contributed by atoms with Crippen LogP contribution in [0, 0.1) is 0 Å². The summed E-state index contributed by atoms with van der Waals surface area (Å²) in [5.41, 5.74) is 3.25. The molecule has 2 aromatic carbocycles. The van der Waals surface area contributed by atoms with Crippen LogP contribution in [-0.2, 0) is 33.3 Å². The Balaban J connectivity index is 1.55. The lowest BCUT2D eigenvalue weighted by Crippen LogP contribution is -2.40. The summed E-state index contributed by atoms with van der Waals surface area (Å²) < 4.78 is 30.7. The van der Waals surface area contributed by atoms with E-state index in [2.05, 4.69) is 53.4 Å². The molecule has 194 valence electrons. The van der Waals surface area contributed by atoms with E-state index in [1.807, 2.05) is 12.1 Å². The summed E-state index contributed by atoms with van der Waals surface area (Å²) in [6, 6.07) is 12.6. The van der Waals surface area contributed by atoms with Crippen molar-refractivity contribution in [3.8, 4) is 0 Å². The van der Waals surface area contributed by atoms with E-state index in [1.165, 1.54) is 38.3 Å². The Morgan fingerprint density at radius 3 is 2.47 bits per heavy atom. The molecule has 3 aromatic rings. The second kappa shape index (κ2) is 10.3. The molecule has 1 unspecified atom stereocenters. The van der Waals surface area contributed by atoms with Crippen molar-refractivity contribution in [2.75, 3.05) is 18.9 Å². The molecule has 0 bridgehead atoms. The first kappa shape index (κ1) is 26.3. The number of piperidine rings is 1. The van der Waals surface area contributed by atoms with Gasteiger partial charge < -0.3 is 14.8 Å². The maximum Gasteiger partial charge on any atom is 0.240 e. The number of carbonyl (C=O) groups is 1. The number of likely N-dealkylation sites (N-methyl/N-ethyl adjacent to an activating group) is 1. The zero-order valence-electron chi connectivity index (χ0n) is 21.8. The van der Waals surface area contributed by atoms with E-state index in [1.54, 1.807) is 12.1 Å². The molecule has 0 aliphatic carbocycles. The topological polar surface area (TPSA) is 96.3 Å². The molecule has 1 saturated heterocycles. The maximum atomic E-state index is 12.8. The fourth-order valence-corrected chi connectivity index (χ4v) is 5.83. The van der Waals surface area contributed by atoms with E-state index < -0.39 is 10.0 Å². The standard InChI is InChI=1S/C27H37N5O3S/c1-19(33)29-21-10-12-23(13-11-21)36(34,35)28-17-20-9-14-25-24(16-20)30-26(27(2,3)4)32(25)18-22-8-6-7-15-31(22)5/h9-14,16,22,28H,6-8,15,17-18H2,1-5H3,(H,29,33). The second-order valence-corrected chi connectivity index (χ2v) is 12.5. The lowest BCUT2D eigenvalue weighted by molar-refractivity contribution is -0.114. The minimum atomic E-state index is -3.70. The molecule has 0 saturated carbocycles. The van der Waals surface area contributed by atoms with Crippen molar-refractivity contribution >= 4 is 32.7 Å². The molecule has 0 spiro atoms. The minimum absolute atomic E-state index is 0.114. The van der Waals surface area contributed by atoms with Crippen LogP contribution in [0.5, 0.6) is 0 Å². The van der Waals surface area contributed by atoms with Crippen LogP contribution in [0.2, 0.25) is 0 Å². The van der Waals surface area contributed by atoms with Gasteiger partial charge in [0.25, 0.3) is 0 Å². The van der Waals surface area contributed by atoms with Crippen molar-refractivity contribution in [3.63, 3.8) is 0 Å². The predicted molar refractivity (Wildman–Crippen MR) is 143 cm³/mol. The van der Waals surface area contributed by atoms with Crippen LogP contribution in [0.3, 0.4) is 0 Å². The summed E-state index contributed by atoms with van der Waals surface area (Å²) in [4.78, 5) is 18.8. The summed E-state index contributed by atoms with van der Waals surface area (Å²) in [5, 5.41) is 2.64. The zero-order chi connectivity index (χ0) is 26.1. The molecule has 1 aliphatic rings. The van der Waals surface area contributed by atoms with E-state index in [-0.39, 0.29) is 22.8 Å². The fraction of sp³-hybridized carbons (Fsp3) is 0.481. The Morgan fingerprint density at radius 1 is 1.11 bits per heavy atom. The molecule has 8 nitrogen and oxygen atoms in total. The van der Waals surface area contributed by atoms with Gasteiger partial charge in [-0.1, -0.05) is 33.3 Å². The highest BCUT2D eigenvalue weighted by molar-refractivity contribution is 7.89. The molecule has 1 aromatic heterocycles. The van der Waals surface area contributed by atoms with Gasteiger partial charge in [-0.05, 0) is 68.4 Å². The number of anilines is 1. The predicted octanol–water partition coefficient (Wildman–Crippen LogP) is 4.26. The monoisotopic (exact) mass is 511 g/mol. The third kappa shape index (κ3) is 5.96. The van der Waals surface area contributed by atoms with Gasteiger partial charge in [-0.3, -0.25) is 4.79 Å². The van der Waals surface area contributed by atoms with Gasteiger partial charge >= 0.3 is 0 Å². The zero-order valence-corrected chi connectivity index (χ0v) is 22.7. The van der Waals surface area contributed by atoms with E-state index in [4.69, 9.17) is 4.98 Å². The number of hydrogen-bond donors (Lipinski definition) is 2. The van der Waals surface area contributed by atoms with Gasteiger partial charge in [-0.25, -0.2) is 18.1 Å². The van der Waals surface area contributed by atoms with Gasteiger partial charge in [0.1, 0.15) is 5.82 Å². The highest BCUT2D eigenvalue weighted by Crippen LogP contribution is 2.29. The number of rotatable bonds is 7. The van der Waals surface area contributed by atoms with Crippen LogP contribution in [-0.4, -0.2) is 48.4 Å². The highest BCUT2D eigenvalue weighted by atomic mass is 32.2. The highest BCUT2D eigenvalue weighted by Gasteiger charge is 2.27. The summed E-state index contributed by atoms with van der Waals surface area (Å²) in [7, 11) is -1.50. The third-order valence-corrected chi connectivity index (χ3v) is 8.17. The normalized spacial score (nSPS) is 17.4. The number of hydrogen-bond acceptors (Lipinski definition) is 5. The van der Waals surface area contributed by atoms with Gasteiger partial charge in [0.2, 0.25) is 15.9 Å². The van der Waals surface area contributed by atoms with Crippen LogP contribution < -0.4 is 10.0 Å². The van der Waals surface area contributed by atoms with E-state index in [0.717, 1.165) is 35.5 Å². The lowest BCUT2D eigenvalue weighted by Gasteiger charge is -2.34. The van der Waals surface area contributed by atoms with Crippen molar-refractivity contribution in [1.29, 1.82) is 0 Å². The van der Waals surface area contributed by atoms with Gasteiger partial charge in [0.15, 0.2) is 0 Å². The molecular weight excluding hydrogens is 474 g/mol. The average Bonchev–Trinajstić information content (AvgIpc) is 3.17. The largest absolute Gasteiger partial charge is 0.326 e. The molecule has 1 amide bonds. The van der Waals surface area contributed by atoms with Crippen LogP contribution in [0.4, 0.5) is 5.69 Å². The molecule has 9 heteroatoms. The Kier molecular flexibility index (Phi) is 7.54. The lowest BCUT2D eigenvalue weighted by atomic mass is 9.95. The molecule has 1 aliphatic heterocycles. The van der Waals surface area contributed by atoms with Gasteiger partial charge in [0.05, 0.1) is 15.9 Å². The number of nitrogens with zero attached hydrogens (tertiary/aromatic N) is 3. The third-order valence-electron chi connectivity index (χ3n) is 6.75. The molecule has 0 radical (unpaired) electrons. The number of nitrogens with one attached hydrogen (secondary N) is 2. The van der Waals surface area contributed by atoms with E-state index >= 15 is 0 Å². The average molecular weight is 512 g/mol. The number of carbonyl (C=O) groups excluding carboxylic acids is 1. The SMILES string of the molecule is CC(=O)Nc1ccc(S(=O)(=O)NCc2ccc3c(c2)nc(C(C)(C)C)n3CC2CCCCN2C)cc1. The Morgan fingerprint density at radius 2 is 1.83 bits per heavy atom. The first-order valence-corrected chi connectivity index (χ1v) is 14.0. The molecule has 2 N–H and O–H groups in total.